The molecule has 0 aliphatic heterocycles. The molecule has 0 radical (unpaired) electrons. The van der Waals surface area contributed by atoms with Crippen LogP contribution < -0.4 is 18.9 Å². The number of ether oxygens (including phenoxy) is 4. The van der Waals surface area contributed by atoms with Crippen molar-refractivity contribution in [2.75, 3.05) is 0 Å². The van der Waals surface area contributed by atoms with Crippen molar-refractivity contribution in [2.24, 2.45) is 5.92 Å². The van der Waals surface area contributed by atoms with Crippen LogP contribution in [0.4, 0.5) is 0 Å². The van der Waals surface area contributed by atoms with E-state index in [1.165, 1.54) is 6.92 Å². The Hall–Kier alpha value is -4.03. The van der Waals surface area contributed by atoms with E-state index in [0.29, 0.717) is 27.3 Å². The van der Waals surface area contributed by atoms with Gasteiger partial charge in [0.1, 0.15) is 11.5 Å². The predicted molar refractivity (Wildman–Crippen MR) is 138 cm³/mol. The molecule has 0 atom stereocenters. The van der Waals surface area contributed by atoms with Gasteiger partial charge in [0, 0.05) is 29.1 Å². The van der Waals surface area contributed by atoms with Crippen molar-refractivity contribution in [2.45, 2.75) is 27.2 Å². The number of carbonyl (C=O) groups is 2. The monoisotopic (exact) mass is 504 g/mol. The highest BCUT2D eigenvalue weighted by molar-refractivity contribution is 6.31. The molecule has 0 fully saturated rings. The minimum absolute atomic E-state index is 0.0716. The highest BCUT2D eigenvalue weighted by Gasteiger charge is 2.29. The first-order valence-corrected chi connectivity index (χ1v) is 11.8. The van der Waals surface area contributed by atoms with Crippen LogP contribution in [0.2, 0.25) is 5.02 Å². The van der Waals surface area contributed by atoms with Gasteiger partial charge in [-0.25, -0.2) is 0 Å². The smallest absolute Gasteiger partial charge is 0.311 e. The molecule has 184 valence electrons. The maximum Gasteiger partial charge on any atom is 0.311 e. The molecular weight excluding hydrogens is 480 g/mol. The van der Waals surface area contributed by atoms with E-state index in [4.69, 9.17) is 30.5 Å². The number of rotatable bonds is 8. The molecule has 0 spiro atoms. The lowest BCUT2D eigenvalue weighted by Crippen LogP contribution is -2.13. The van der Waals surface area contributed by atoms with Crippen LogP contribution in [0.25, 0.3) is 10.8 Å². The lowest BCUT2D eigenvalue weighted by molar-refractivity contribution is -0.135. The third-order valence-corrected chi connectivity index (χ3v) is 5.29. The summed E-state index contributed by atoms with van der Waals surface area (Å²) in [5, 5.41) is 1.30. The van der Waals surface area contributed by atoms with Crippen LogP contribution in [0.1, 0.15) is 27.2 Å². The second-order valence-electron chi connectivity index (χ2n) is 8.50. The van der Waals surface area contributed by atoms with Crippen molar-refractivity contribution < 1.29 is 28.5 Å². The lowest BCUT2D eigenvalue weighted by atomic mass is 10.1. The number of esters is 2. The molecule has 0 aliphatic carbocycles. The number of para-hydroxylation sites is 2. The van der Waals surface area contributed by atoms with Gasteiger partial charge >= 0.3 is 11.9 Å². The molecule has 0 heterocycles. The molecule has 36 heavy (non-hydrogen) atoms. The van der Waals surface area contributed by atoms with Crippen molar-refractivity contribution in [1.29, 1.82) is 0 Å². The van der Waals surface area contributed by atoms with E-state index in [-0.39, 0.29) is 35.3 Å². The first-order valence-electron chi connectivity index (χ1n) is 11.5. The van der Waals surface area contributed by atoms with Crippen LogP contribution in [-0.4, -0.2) is 11.9 Å². The Labute approximate surface area is 214 Å². The van der Waals surface area contributed by atoms with Crippen LogP contribution in [0.15, 0.2) is 78.9 Å². The Balaban J connectivity index is 2.03. The first-order chi connectivity index (χ1) is 17.3. The molecule has 4 aromatic carbocycles. The predicted octanol–water partition coefficient (Wildman–Crippen LogP) is 7.95. The second-order valence-corrected chi connectivity index (χ2v) is 8.94. The van der Waals surface area contributed by atoms with Gasteiger partial charge < -0.3 is 18.9 Å². The third-order valence-electron chi connectivity index (χ3n) is 5.05. The molecule has 0 amide bonds. The maximum atomic E-state index is 12.8. The first kappa shape index (κ1) is 25.1. The van der Waals surface area contributed by atoms with Crippen LogP contribution in [-0.2, 0) is 9.59 Å². The van der Waals surface area contributed by atoms with Gasteiger partial charge in [0.15, 0.2) is 11.5 Å². The Bertz CT molecular complexity index is 1380. The molecule has 0 aromatic heterocycles. The number of hydrogen-bond acceptors (Lipinski definition) is 6. The van der Waals surface area contributed by atoms with Crippen LogP contribution in [0.5, 0.6) is 34.5 Å². The van der Waals surface area contributed by atoms with Gasteiger partial charge in [-0.1, -0.05) is 61.8 Å². The minimum Gasteiger partial charge on any atom is -0.449 e. The lowest BCUT2D eigenvalue weighted by Gasteiger charge is -2.21. The maximum absolute atomic E-state index is 12.8. The van der Waals surface area contributed by atoms with E-state index >= 15 is 0 Å². The Morgan fingerprint density at radius 1 is 0.722 bits per heavy atom. The van der Waals surface area contributed by atoms with Crippen molar-refractivity contribution in [1.82, 2.24) is 0 Å². The van der Waals surface area contributed by atoms with Gasteiger partial charge in [-0.3, -0.25) is 9.59 Å². The quantitative estimate of drug-likeness (QED) is 0.179. The van der Waals surface area contributed by atoms with Gasteiger partial charge in [0.25, 0.3) is 0 Å². The molecule has 4 rings (SSSR count). The van der Waals surface area contributed by atoms with E-state index in [1.807, 2.05) is 38.1 Å². The topological polar surface area (TPSA) is 71.1 Å². The summed E-state index contributed by atoms with van der Waals surface area (Å²) in [5.41, 5.74) is 0. The Morgan fingerprint density at radius 2 is 1.25 bits per heavy atom. The van der Waals surface area contributed by atoms with Crippen molar-refractivity contribution in [3.05, 3.63) is 83.9 Å². The van der Waals surface area contributed by atoms with Crippen molar-refractivity contribution >= 4 is 34.3 Å². The van der Waals surface area contributed by atoms with Gasteiger partial charge in [0.2, 0.25) is 11.5 Å². The average Bonchev–Trinajstić information content (AvgIpc) is 2.84. The zero-order valence-corrected chi connectivity index (χ0v) is 20.9. The van der Waals surface area contributed by atoms with Gasteiger partial charge in [-0.15, -0.1) is 0 Å². The number of halogens is 1. The normalized spacial score (nSPS) is 10.8. The highest BCUT2D eigenvalue weighted by Crippen LogP contribution is 2.54. The number of carbonyl (C=O) groups excluding carboxylic acids is 2. The zero-order valence-electron chi connectivity index (χ0n) is 20.1. The van der Waals surface area contributed by atoms with E-state index in [1.54, 1.807) is 54.6 Å². The van der Waals surface area contributed by atoms with Crippen LogP contribution in [0.3, 0.4) is 0 Å². The molecule has 0 N–H and O–H groups in total. The summed E-state index contributed by atoms with van der Waals surface area (Å²) >= 11 is 6.32. The van der Waals surface area contributed by atoms with Gasteiger partial charge in [-0.2, -0.15) is 0 Å². The molecule has 0 bridgehead atoms. The van der Waals surface area contributed by atoms with Gasteiger partial charge in [0.05, 0.1) is 0 Å². The fraction of sp³-hybridized carbons (Fsp3) is 0.172. The van der Waals surface area contributed by atoms with E-state index in [9.17, 15) is 9.59 Å². The molecule has 0 saturated carbocycles. The molecule has 0 aliphatic rings. The summed E-state index contributed by atoms with van der Waals surface area (Å²) in [7, 11) is 0. The molecule has 0 unspecified atom stereocenters. The van der Waals surface area contributed by atoms with Crippen molar-refractivity contribution in [3.63, 3.8) is 0 Å². The molecular formula is C29H25ClO6. The third kappa shape index (κ3) is 5.96. The zero-order chi connectivity index (χ0) is 25.7. The van der Waals surface area contributed by atoms with Crippen LogP contribution in [0, 0.1) is 5.92 Å². The highest BCUT2D eigenvalue weighted by atomic mass is 35.5. The van der Waals surface area contributed by atoms with E-state index in [2.05, 4.69) is 0 Å². The largest absolute Gasteiger partial charge is 0.449 e. The minimum atomic E-state index is -0.565. The Kier molecular flexibility index (Phi) is 7.76. The van der Waals surface area contributed by atoms with E-state index < -0.39 is 11.9 Å². The van der Waals surface area contributed by atoms with Crippen LogP contribution >= 0.6 is 11.6 Å². The van der Waals surface area contributed by atoms with Crippen molar-refractivity contribution in [3.8, 4) is 34.5 Å². The van der Waals surface area contributed by atoms with Gasteiger partial charge in [-0.05, 0) is 48.4 Å². The fourth-order valence-electron chi connectivity index (χ4n) is 3.59. The molecule has 6 nitrogen and oxygen atoms in total. The van der Waals surface area contributed by atoms with E-state index in [0.717, 1.165) is 0 Å². The molecule has 7 heteroatoms. The standard InChI is InChI=1S/C29H25ClO6/c1-18(2)16-25(32)36-26-23-15-14-20(30)17-24(23)27(33-19(3)31)29(35-22-12-8-5-9-13-22)28(26)34-21-10-6-4-7-11-21/h4-15,17-18H,16H2,1-3H3. The molecule has 4 aromatic rings. The number of hydrogen-bond donors (Lipinski definition) is 0. The summed E-state index contributed by atoms with van der Waals surface area (Å²) in [4.78, 5) is 25.0. The number of fused-ring (bicyclic) bond motifs is 1. The summed E-state index contributed by atoms with van der Waals surface area (Å²) in [6, 6.07) is 22.9. The summed E-state index contributed by atoms with van der Waals surface area (Å²) in [5.74, 6) is 0.405. The average molecular weight is 505 g/mol. The summed E-state index contributed by atoms with van der Waals surface area (Å²) in [6.45, 7) is 5.14. The molecule has 0 saturated heterocycles. The summed E-state index contributed by atoms with van der Waals surface area (Å²) in [6.07, 6.45) is 0.195. The fourth-order valence-corrected chi connectivity index (χ4v) is 3.76. The number of benzene rings is 4. The Morgan fingerprint density at radius 3 is 1.75 bits per heavy atom. The summed E-state index contributed by atoms with van der Waals surface area (Å²) < 4.78 is 24.0. The second kappa shape index (κ2) is 11.1. The SMILES string of the molecule is CC(=O)Oc1c(Oc2ccccc2)c(Oc2ccccc2)c(OC(=O)CC(C)C)c2ccc(Cl)cc12.